The fourth-order valence-corrected chi connectivity index (χ4v) is 3.29. The normalized spacial score (nSPS) is 14.3. The molecule has 0 saturated heterocycles. The van der Waals surface area contributed by atoms with Crippen molar-refractivity contribution in [3.05, 3.63) is 29.3 Å². The van der Waals surface area contributed by atoms with E-state index in [0.717, 1.165) is 24.1 Å². The maximum atomic E-state index is 11.7. The fraction of sp³-hybridized carbons (Fsp3) is 0.611. The van der Waals surface area contributed by atoms with Crippen molar-refractivity contribution in [2.45, 2.75) is 45.6 Å². The lowest BCUT2D eigenvalue weighted by Gasteiger charge is -2.26. The minimum Gasteiger partial charge on any atom is -0.396 e. The van der Waals surface area contributed by atoms with Gasteiger partial charge in [0.15, 0.2) is 15.8 Å². The third kappa shape index (κ3) is 7.79. The zero-order valence-corrected chi connectivity index (χ0v) is 19.4. The van der Waals surface area contributed by atoms with Gasteiger partial charge in [-0.25, -0.2) is 13.4 Å². The molecule has 0 aliphatic rings. The fourth-order valence-electron chi connectivity index (χ4n) is 2.33. The van der Waals surface area contributed by atoms with Gasteiger partial charge in [0.1, 0.15) is 0 Å². The number of aliphatic hydroxyl groups excluding tert-OH is 1. The van der Waals surface area contributed by atoms with Crippen LogP contribution in [-0.2, 0) is 16.4 Å². The number of hydrogen-bond donors (Lipinski definition) is 3. The van der Waals surface area contributed by atoms with Gasteiger partial charge in [-0.1, -0.05) is 26.0 Å². The molecule has 0 aliphatic heterocycles. The van der Waals surface area contributed by atoms with Gasteiger partial charge >= 0.3 is 0 Å². The van der Waals surface area contributed by atoms with E-state index < -0.39 is 9.84 Å². The molecule has 0 fully saturated rings. The standard InChI is InChI=1S/C18H31N3O3S.HI/c1-6-18(4,13-22)12-21-17(19-7-2)20-11-15-8-9-16(14(3)10-15)25(5,23)24;/h8-10,22H,6-7,11-13H2,1-5H3,(H2,19,20,21);1H. The summed E-state index contributed by atoms with van der Waals surface area (Å²) in [6.07, 6.45) is 2.08. The van der Waals surface area contributed by atoms with Gasteiger partial charge in [-0.15, -0.1) is 24.0 Å². The van der Waals surface area contributed by atoms with Crippen molar-refractivity contribution in [2.24, 2.45) is 10.4 Å². The number of aliphatic imine (C=N–C) groups is 1. The summed E-state index contributed by atoms with van der Waals surface area (Å²) in [7, 11) is -3.21. The van der Waals surface area contributed by atoms with Crippen LogP contribution in [0.2, 0.25) is 0 Å². The molecule has 1 atom stereocenters. The minimum absolute atomic E-state index is 0. The average molecular weight is 497 g/mol. The molecule has 0 saturated carbocycles. The van der Waals surface area contributed by atoms with Crippen molar-refractivity contribution >= 4 is 39.8 Å². The first-order valence-electron chi connectivity index (χ1n) is 8.58. The SMILES string of the molecule is CCNC(=NCc1ccc(S(C)(=O)=O)c(C)c1)NCC(C)(CC)CO.I. The van der Waals surface area contributed by atoms with E-state index in [1.165, 1.54) is 6.26 Å². The topological polar surface area (TPSA) is 90.8 Å². The Balaban J connectivity index is 0.00000625. The molecule has 0 amide bonds. The number of nitrogens with one attached hydrogen (secondary N) is 2. The van der Waals surface area contributed by atoms with Crippen LogP contribution < -0.4 is 10.6 Å². The second kappa shape index (κ2) is 11.1. The number of rotatable bonds is 8. The third-order valence-corrected chi connectivity index (χ3v) is 5.58. The van der Waals surface area contributed by atoms with Gasteiger partial charge in [0.25, 0.3) is 0 Å². The van der Waals surface area contributed by atoms with Crippen LogP contribution >= 0.6 is 24.0 Å². The van der Waals surface area contributed by atoms with E-state index in [0.29, 0.717) is 23.9 Å². The van der Waals surface area contributed by atoms with E-state index in [9.17, 15) is 13.5 Å². The highest BCUT2D eigenvalue weighted by atomic mass is 127. The molecule has 8 heteroatoms. The summed E-state index contributed by atoms with van der Waals surface area (Å²) in [6.45, 7) is 9.78. The van der Waals surface area contributed by atoms with Crippen LogP contribution in [0.15, 0.2) is 28.1 Å². The third-order valence-electron chi connectivity index (χ3n) is 4.32. The smallest absolute Gasteiger partial charge is 0.191 e. The molecule has 1 aromatic rings. The maximum Gasteiger partial charge on any atom is 0.191 e. The Bertz CT molecular complexity index is 702. The summed E-state index contributed by atoms with van der Waals surface area (Å²) in [5.74, 6) is 0.681. The Hall–Kier alpha value is -0.870. The molecular weight excluding hydrogens is 465 g/mol. The van der Waals surface area contributed by atoms with E-state index in [1.54, 1.807) is 19.1 Å². The number of halogens is 1. The molecule has 3 N–H and O–H groups in total. The molecule has 0 radical (unpaired) electrons. The molecule has 0 spiro atoms. The molecule has 0 bridgehead atoms. The molecule has 1 aromatic carbocycles. The zero-order chi connectivity index (χ0) is 19.1. The first kappa shape index (κ1) is 25.1. The highest BCUT2D eigenvalue weighted by Gasteiger charge is 2.21. The number of sulfone groups is 1. The molecule has 0 aromatic heterocycles. The Morgan fingerprint density at radius 3 is 2.38 bits per heavy atom. The summed E-state index contributed by atoms with van der Waals surface area (Å²) in [6, 6.07) is 5.28. The van der Waals surface area contributed by atoms with Gasteiger partial charge < -0.3 is 15.7 Å². The largest absolute Gasteiger partial charge is 0.396 e. The zero-order valence-electron chi connectivity index (χ0n) is 16.3. The van der Waals surface area contributed by atoms with Gasteiger partial charge in [0.05, 0.1) is 18.0 Å². The summed E-state index contributed by atoms with van der Waals surface area (Å²) >= 11 is 0. The lowest BCUT2D eigenvalue weighted by atomic mass is 9.89. The van der Waals surface area contributed by atoms with E-state index in [-0.39, 0.29) is 36.0 Å². The van der Waals surface area contributed by atoms with Crippen molar-refractivity contribution in [3.63, 3.8) is 0 Å². The highest BCUT2D eigenvalue weighted by molar-refractivity contribution is 14.0. The van der Waals surface area contributed by atoms with Crippen molar-refractivity contribution in [1.82, 2.24) is 10.6 Å². The monoisotopic (exact) mass is 497 g/mol. The van der Waals surface area contributed by atoms with E-state index in [2.05, 4.69) is 15.6 Å². The first-order chi connectivity index (χ1) is 11.6. The van der Waals surface area contributed by atoms with Gasteiger partial charge in [-0.05, 0) is 37.5 Å². The number of aryl methyl sites for hydroxylation is 1. The number of hydrogen-bond acceptors (Lipinski definition) is 4. The predicted octanol–water partition coefficient (Wildman–Crippen LogP) is 2.48. The quantitative estimate of drug-likeness (QED) is 0.292. The Morgan fingerprint density at radius 1 is 1.27 bits per heavy atom. The lowest BCUT2D eigenvalue weighted by molar-refractivity contribution is 0.140. The Morgan fingerprint density at radius 2 is 1.92 bits per heavy atom. The Kier molecular flexibility index (Phi) is 10.7. The van der Waals surface area contributed by atoms with Crippen molar-refractivity contribution in [1.29, 1.82) is 0 Å². The molecule has 26 heavy (non-hydrogen) atoms. The van der Waals surface area contributed by atoms with Crippen LogP contribution in [0.3, 0.4) is 0 Å². The lowest BCUT2D eigenvalue weighted by Crippen LogP contribution is -2.43. The maximum absolute atomic E-state index is 11.7. The van der Waals surface area contributed by atoms with Crippen molar-refractivity contribution in [2.75, 3.05) is 26.0 Å². The molecule has 1 rings (SSSR count). The summed E-state index contributed by atoms with van der Waals surface area (Å²) in [5.41, 5.74) is 1.48. The van der Waals surface area contributed by atoms with Crippen LogP contribution in [-0.4, -0.2) is 45.4 Å². The van der Waals surface area contributed by atoms with Crippen LogP contribution in [0.5, 0.6) is 0 Å². The molecular formula is C18H32IN3O3S. The number of benzene rings is 1. The first-order valence-corrected chi connectivity index (χ1v) is 10.5. The van der Waals surface area contributed by atoms with Crippen LogP contribution in [0.1, 0.15) is 38.3 Å². The highest BCUT2D eigenvalue weighted by Crippen LogP contribution is 2.19. The average Bonchev–Trinajstić information content (AvgIpc) is 2.56. The number of guanidine groups is 1. The van der Waals surface area contributed by atoms with E-state index in [1.807, 2.05) is 26.8 Å². The van der Waals surface area contributed by atoms with Crippen LogP contribution in [0.4, 0.5) is 0 Å². The van der Waals surface area contributed by atoms with E-state index in [4.69, 9.17) is 0 Å². The molecule has 6 nitrogen and oxygen atoms in total. The van der Waals surface area contributed by atoms with Crippen molar-refractivity contribution in [3.8, 4) is 0 Å². The van der Waals surface area contributed by atoms with E-state index >= 15 is 0 Å². The molecule has 150 valence electrons. The number of nitrogens with zero attached hydrogens (tertiary/aromatic N) is 1. The van der Waals surface area contributed by atoms with Crippen LogP contribution in [0, 0.1) is 12.3 Å². The van der Waals surface area contributed by atoms with Gasteiger partial charge in [-0.3, -0.25) is 0 Å². The summed E-state index contributed by atoms with van der Waals surface area (Å²) in [4.78, 5) is 4.91. The molecule has 1 unspecified atom stereocenters. The number of aliphatic hydroxyl groups is 1. The minimum atomic E-state index is -3.21. The van der Waals surface area contributed by atoms with Crippen LogP contribution in [0.25, 0.3) is 0 Å². The predicted molar refractivity (Wildman–Crippen MR) is 118 cm³/mol. The van der Waals surface area contributed by atoms with Gasteiger partial charge in [-0.2, -0.15) is 0 Å². The summed E-state index contributed by atoms with van der Waals surface area (Å²) in [5, 5.41) is 16.0. The molecule has 0 heterocycles. The second-order valence-corrected chi connectivity index (χ2v) is 8.73. The van der Waals surface area contributed by atoms with Gasteiger partial charge in [0.2, 0.25) is 0 Å². The Labute approximate surface area is 174 Å². The van der Waals surface area contributed by atoms with Crippen molar-refractivity contribution < 1.29 is 13.5 Å². The second-order valence-electron chi connectivity index (χ2n) is 6.74. The van der Waals surface area contributed by atoms with Gasteiger partial charge in [0, 0.05) is 24.8 Å². The summed E-state index contributed by atoms with van der Waals surface area (Å²) < 4.78 is 23.4. The molecule has 0 aliphatic carbocycles.